The number of guanidine groups is 1. The molecule has 31 nitrogen and oxygen atoms in total. The minimum absolute atomic E-state index is 0.0184. The molecule has 6 atom stereocenters. The van der Waals surface area contributed by atoms with Crippen LogP contribution in [0, 0.1) is 12.8 Å². The highest BCUT2D eigenvalue weighted by atomic mass is 32.2. The highest BCUT2D eigenvalue weighted by molar-refractivity contribution is 7.87. The summed E-state index contributed by atoms with van der Waals surface area (Å²) in [5.41, 5.74) is 15.6. The number of fused-ring (bicyclic) bond motifs is 7. The van der Waals surface area contributed by atoms with Crippen molar-refractivity contribution in [2.24, 2.45) is 34.2 Å². The van der Waals surface area contributed by atoms with Crippen LogP contribution in [0.25, 0.3) is 21.5 Å². The third-order valence-electron chi connectivity index (χ3n) is 18.5. The maximum Gasteiger partial charge on any atom is 0.357 e. The molecule has 0 aromatic heterocycles. The summed E-state index contributed by atoms with van der Waals surface area (Å²) in [6, 6.07) is 8.17. The number of aryl methyl sites for hydroxylation is 1. The van der Waals surface area contributed by atoms with Crippen molar-refractivity contribution in [1.29, 1.82) is 0 Å². The summed E-state index contributed by atoms with van der Waals surface area (Å²) >= 11 is 0. The van der Waals surface area contributed by atoms with Gasteiger partial charge in [-0.2, -0.15) is 50.2 Å². The summed E-state index contributed by atoms with van der Waals surface area (Å²) in [6.45, 7) is 17.1. The number of carbonyl (C=O) groups is 7. The molecule has 0 radical (unpaired) electrons. The highest BCUT2D eigenvalue weighted by Crippen LogP contribution is 2.52. The number of amides is 6. The molecule has 4 aromatic rings. The second kappa shape index (κ2) is 31.3. The number of carboxylic acids is 1. The molecule has 3 saturated heterocycles. The van der Waals surface area contributed by atoms with E-state index in [0.29, 0.717) is 56.0 Å². The summed E-state index contributed by atoms with van der Waals surface area (Å²) in [5, 5.41) is 24.2. The molecule has 5 heterocycles. The van der Waals surface area contributed by atoms with Crippen LogP contribution in [-0.2, 0) is 83.5 Å². The molecule has 0 spiro atoms. The molecule has 4 aromatic carbocycles. The van der Waals surface area contributed by atoms with E-state index < -0.39 is 120 Å². The van der Waals surface area contributed by atoms with E-state index in [1.165, 1.54) is 11.0 Å². The maximum absolute atomic E-state index is 13.9. The van der Waals surface area contributed by atoms with Gasteiger partial charge in [-0.3, -0.25) is 47.8 Å². The first-order valence-corrected chi connectivity index (χ1v) is 37.0. The highest BCUT2D eigenvalue weighted by Gasteiger charge is 2.52. The Kier molecular flexibility index (Phi) is 24.1. The predicted molar refractivity (Wildman–Crippen MR) is 374 cm³/mol. The lowest BCUT2D eigenvalue weighted by Gasteiger charge is -2.42. The third kappa shape index (κ3) is 16.8. The number of carboxylic acid groups (broad SMARTS) is 1. The molecule has 5 aliphatic rings. The van der Waals surface area contributed by atoms with E-state index in [0.717, 1.165) is 63.8 Å². The van der Waals surface area contributed by atoms with Crippen LogP contribution in [0.1, 0.15) is 129 Å². The van der Waals surface area contributed by atoms with Crippen LogP contribution in [0.3, 0.4) is 0 Å². The fraction of sp³-hybridized carbons (Fsp3) is 0.470. The Labute approximate surface area is 580 Å². The van der Waals surface area contributed by atoms with Crippen LogP contribution < -0.4 is 59.5 Å². The van der Waals surface area contributed by atoms with Crippen molar-refractivity contribution < 1.29 is 81.6 Å². The fourth-order valence-corrected chi connectivity index (χ4v) is 16.3. The summed E-state index contributed by atoms with van der Waals surface area (Å²) in [7, 11) is -13.4. The molecule has 2 bridgehead atoms. The number of likely N-dealkylation sites (N-methyl/N-ethyl adjacent to an activating group) is 1. The number of anilines is 2. The minimum Gasteiger partial charge on any atom is -0.481 e. The van der Waals surface area contributed by atoms with Crippen molar-refractivity contribution in [2.45, 2.75) is 170 Å². The number of nitrogens with zero attached hydrogens (tertiary/aromatic N) is 4. The SMILES string of the molecule is CCCC(=O)NCC1C[C@@H]2CC[C@H]3C(=O)NC(CCCN=C(N)N)C(=O)NCC(=O)N[C@@H](CC(=O)O)C(=O)N[C@H]1C(=O)N23.CCCC[N+]1=C(C=CC=CC=C2N(CC)c3ccc4c(S(=O)(=O)ON)cc(C)cc4c3C2(C)C)C(C)(C)c2c1ccc1c(S(=O)(=O)ON)cc(NS(=O)(=O)O)cc21. The molecule has 2 unspecified atom stereocenters. The van der Waals surface area contributed by atoms with Gasteiger partial charge in [0.1, 0.15) is 40.5 Å². The Bertz CT molecular complexity index is 4430. The fourth-order valence-electron chi connectivity index (χ4n) is 14.2. The van der Waals surface area contributed by atoms with E-state index in [4.69, 9.17) is 23.3 Å². The first kappa shape index (κ1) is 76.8. The predicted octanol–water partition coefficient (Wildman–Crippen LogP) is 3.06. The third-order valence-corrected chi connectivity index (χ3v) is 21.3. The first-order valence-electron chi connectivity index (χ1n) is 32.8. The molecule has 100 heavy (non-hydrogen) atoms. The van der Waals surface area contributed by atoms with Gasteiger partial charge < -0.3 is 53.0 Å². The molecule has 16 N–H and O–H groups in total. The van der Waals surface area contributed by atoms with Crippen molar-refractivity contribution in [1.82, 2.24) is 31.5 Å². The van der Waals surface area contributed by atoms with Gasteiger partial charge in [-0.05, 0) is 125 Å². The van der Waals surface area contributed by atoms with Gasteiger partial charge in [0.2, 0.25) is 41.1 Å². The molecule has 3 fully saturated rings. The van der Waals surface area contributed by atoms with Crippen LogP contribution in [0.15, 0.2) is 99.4 Å². The number of aliphatic imine (C=N–C) groups is 1. The van der Waals surface area contributed by atoms with Crippen LogP contribution in [0.5, 0.6) is 0 Å². The molecule has 542 valence electrons. The molecular weight excluding hydrogens is 1360 g/mol. The number of allylic oxidation sites excluding steroid dienone is 6. The number of nitrogens with one attached hydrogen (secondary N) is 6. The lowest BCUT2D eigenvalue weighted by atomic mass is 9.79. The van der Waals surface area contributed by atoms with Crippen LogP contribution in [0.4, 0.5) is 17.1 Å². The summed E-state index contributed by atoms with van der Waals surface area (Å²) < 4.78 is 97.8. The molecule has 6 amide bonds. The number of hydrogen-bond acceptors (Lipinski definition) is 19. The van der Waals surface area contributed by atoms with E-state index in [-0.39, 0.29) is 64.7 Å². The normalized spacial score (nSPS) is 22.0. The van der Waals surface area contributed by atoms with Crippen molar-refractivity contribution in [2.75, 3.05) is 42.3 Å². The zero-order valence-electron chi connectivity index (χ0n) is 56.9. The number of nitrogens with two attached hydrogens (primary N) is 4. The first-order chi connectivity index (χ1) is 47.0. The number of aliphatic carboxylic acids is 1. The van der Waals surface area contributed by atoms with Crippen LogP contribution in [0.2, 0.25) is 0 Å². The molecular formula is C66H89N14O17S3+. The number of rotatable bonds is 23. The summed E-state index contributed by atoms with van der Waals surface area (Å²) in [5.74, 6) is 4.46. The van der Waals surface area contributed by atoms with Gasteiger partial charge in [-0.25, -0.2) is 0 Å². The lowest BCUT2D eigenvalue weighted by molar-refractivity contribution is -0.438. The molecule has 0 aliphatic carbocycles. The van der Waals surface area contributed by atoms with Gasteiger partial charge >= 0.3 is 36.5 Å². The number of carbonyl (C=O) groups excluding carboxylic acids is 6. The Morgan fingerprint density at radius 2 is 1.45 bits per heavy atom. The standard InChI is InChI=1S/C40H47N5O9S3.C26H41N9O8/c1-8-10-20-45-32-19-17-28-30(23-26(43-57(50,51)52)24-34(28)56(48,49)54-42)38(32)40(6,7)36(45)15-13-11-12-14-35-39(4,5)37-29-21-25(3)22-33(55(46,47)53-41)27(29)16-18-31(37)44(35)9-2;1-2-4-18(36)30-11-13-9-14-6-7-17-24(42)33-15(5-3-8-29-26(27)28)22(40)31-12-19(37)32-16(10-20(38)39)23(41)34-21(13)25(43)35(14)17/h11-19,21-24,43H,8-10,20,41-42H2,1-7H3;13-17,21H,2-12H2,1H3,(H,30,36)(H,31,40)(H,32,37)(H,33,42)(H,34,41)(H,38,39)(H4,27,28,29)/p+1/t;13?,14-,15?,16-,17-,21+/m.0/s1. The topological polar surface area (TPSA) is 479 Å². The number of benzene rings is 4. The Morgan fingerprint density at radius 3 is 2.08 bits per heavy atom. The van der Waals surface area contributed by atoms with E-state index >= 15 is 0 Å². The van der Waals surface area contributed by atoms with E-state index in [1.54, 1.807) is 18.2 Å². The van der Waals surface area contributed by atoms with Crippen molar-refractivity contribution in [3.63, 3.8) is 0 Å². The average molecular weight is 1450 g/mol. The lowest BCUT2D eigenvalue weighted by Crippen LogP contribution is -2.65. The van der Waals surface area contributed by atoms with Gasteiger partial charge in [-0.1, -0.05) is 64.5 Å². The van der Waals surface area contributed by atoms with Gasteiger partial charge in [0.05, 0.1) is 24.1 Å². The van der Waals surface area contributed by atoms with Gasteiger partial charge in [0.15, 0.2) is 11.7 Å². The second-order valence-electron chi connectivity index (χ2n) is 26.2. The number of hydrogen-bond donors (Lipinski definition) is 12. The molecule has 34 heteroatoms. The smallest absolute Gasteiger partial charge is 0.357 e. The molecule has 0 saturated carbocycles. The Morgan fingerprint density at radius 1 is 0.780 bits per heavy atom. The average Bonchev–Trinajstić information content (AvgIpc) is 1.54. The Hall–Kier alpha value is -8.90. The van der Waals surface area contributed by atoms with Crippen molar-refractivity contribution in [3.8, 4) is 0 Å². The van der Waals surface area contributed by atoms with Crippen LogP contribution >= 0.6 is 0 Å². The summed E-state index contributed by atoms with van der Waals surface area (Å²) in [4.78, 5) is 97.2. The second-order valence-corrected chi connectivity index (χ2v) is 30.4. The number of piperidine rings is 1. The van der Waals surface area contributed by atoms with Crippen molar-refractivity contribution >= 4 is 122 Å². The Balaban J connectivity index is 0.000000265. The largest absolute Gasteiger partial charge is 0.481 e. The van der Waals surface area contributed by atoms with E-state index in [9.17, 15) is 68.5 Å². The zero-order valence-corrected chi connectivity index (χ0v) is 59.4. The zero-order chi connectivity index (χ0) is 73.6. The van der Waals surface area contributed by atoms with E-state index in [2.05, 4.69) is 83.4 Å². The van der Waals surface area contributed by atoms with E-state index in [1.807, 2.05) is 74.9 Å². The van der Waals surface area contributed by atoms with Gasteiger partial charge in [0, 0.05) is 89.7 Å². The van der Waals surface area contributed by atoms with Gasteiger partial charge in [-0.15, -0.1) is 0 Å². The van der Waals surface area contributed by atoms with Crippen molar-refractivity contribution in [3.05, 3.63) is 101 Å². The molecule has 5 aliphatic heterocycles. The maximum atomic E-state index is 13.9. The number of unbranched alkanes of at least 4 members (excludes halogenated alkanes) is 1. The monoisotopic (exact) mass is 1450 g/mol. The quantitative estimate of drug-likeness (QED) is 0.00965. The van der Waals surface area contributed by atoms with Crippen LogP contribution in [-0.4, -0.2) is 160 Å². The summed E-state index contributed by atoms with van der Waals surface area (Å²) in [6.07, 6.45) is 13.4. The van der Waals surface area contributed by atoms with Gasteiger partial charge in [0.25, 0.3) is 0 Å². The molecule has 9 rings (SSSR count). The minimum atomic E-state index is -4.75.